The lowest BCUT2D eigenvalue weighted by Gasteiger charge is -2.19. The number of nitrogens with zero attached hydrogens (tertiary/aromatic N) is 2. The maximum atomic E-state index is 11.1. The number of pyridine rings is 1. The largest absolute Gasteiger partial charge is 0.396 e. The molecule has 0 saturated carbocycles. The molecule has 5 nitrogen and oxygen atoms in total. The van der Waals surface area contributed by atoms with Gasteiger partial charge in [0.25, 0.3) is 5.91 Å². The third-order valence-corrected chi connectivity index (χ3v) is 3.73. The minimum Gasteiger partial charge on any atom is -0.396 e. The second-order valence-electron chi connectivity index (χ2n) is 4.22. The van der Waals surface area contributed by atoms with Crippen LogP contribution in [0.4, 0.5) is 11.5 Å². The molecule has 2 aromatic heterocycles. The van der Waals surface area contributed by atoms with Gasteiger partial charge in [-0.25, -0.2) is 4.98 Å². The maximum absolute atomic E-state index is 11.1. The van der Waals surface area contributed by atoms with Crippen molar-refractivity contribution in [3.63, 3.8) is 0 Å². The number of nitrogens with two attached hydrogens (primary N) is 2. The molecule has 0 unspecified atom stereocenters. The Labute approximate surface area is 115 Å². The number of carbonyl (C=O) groups is 1. The molecule has 6 heteroatoms. The average molecular weight is 276 g/mol. The highest BCUT2D eigenvalue weighted by molar-refractivity contribution is 7.09. The molecule has 4 N–H and O–H groups in total. The predicted molar refractivity (Wildman–Crippen MR) is 78.5 cm³/mol. The van der Waals surface area contributed by atoms with E-state index in [-0.39, 0.29) is 5.69 Å². The summed E-state index contributed by atoms with van der Waals surface area (Å²) in [6.07, 6.45) is 0.913. The first-order valence-corrected chi connectivity index (χ1v) is 6.75. The number of nitrogen functional groups attached to an aromatic ring is 1. The van der Waals surface area contributed by atoms with Crippen molar-refractivity contribution in [2.45, 2.75) is 6.42 Å². The van der Waals surface area contributed by atoms with Crippen LogP contribution in [0.3, 0.4) is 0 Å². The maximum Gasteiger partial charge on any atom is 0.267 e. The van der Waals surface area contributed by atoms with Gasteiger partial charge in [-0.1, -0.05) is 6.07 Å². The molecule has 0 fully saturated rings. The topological polar surface area (TPSA) is 85.2 Å². The molecule has 0 aliphatic carbocycles. The number of rotatable bonds is 5. The highest BCUT2D eigenvalue weighted by atomic mass is 32.1. The van der Waals surface area contributed by atoms with Gasteiger partial charge in [0.15, 0.2) is 5.82 Å². The molecule has 100 valence electrons. The number of hydrogen-bond acceptors (Lipinski definition) is 5. The third kappa shape index (κ3) is 3.23. The van der Waals surface area contributed by atoms with Crippen LogP contribution in [0.1, 0.15) is 15.4 Å². The molecule has 0 aliphatic rings. The summed E-state index contributed by atoms with van der Waals surface area (Å²) in [4.78, 5) is 18.6. The van der Waals surface area contributed by atoms with E-state index in [0.29, 0.717) is 11.5 Å². The van der Waals surface area contributed by atoms with Crippen molar-refractivity contribution in [3.05, 3.63) is 40.2 Å². The van der Waals surface area contributed by atoms with Gasteiger partial charge in [-0.15, -0.1) is 11.3 Å². The summed E-state index contributed by atoms with van der Waals surface area (Å²) in [6.45, 7) is 0.778. The fraction of sp³-hybridized carbons (Fsp3) is 0.231. The van der Waals surface area contributed by atoms with E-state index in [1.165, 1.54) is 10.9 Å². The summed E-state index contributed by atoms with van der Waals surface area (Å²) in [6, 6.07) is 7.31. The molecule has 0 atom stereocenters. The van der Waals surface area contributed by atoms with Crippen LogP contribution in [-0.2, 0) is 6.42 Å². The fourth-order valence-electron chi connectivity index (χ4n) is 1.74. The van der Waals surface area contributed by atoms with Crippen molar-refractivity contribution in [3.8, 4) is 0 Å². The summed E-state index contributed by atoms with van der Waals surface area (Å²) in [5, 5.41) is 2.05. The number of thiophene rings is 1. The first-order chi connectivity index (χ1) is 9.08. The Morgan fingerprint density at radius 3 is 2.84 bits per heavy atom. The number of carbonyl (C=O) groups excluding carboxylic acids is 1. The molecule has 0 aliphatic heterocycles. The van der Waals surface area contributed by atoms with Gasteiger partial charge in [0, 0.05) is 18.5 Å². The minimum atomic E-state index is -0.548. The highest BCUT2D eigenvalue weighted by Gasteiger charge is 2.11. The second kappa shape index (κ2) is 5.71. The summed E-state index contributed by atoms with van der Waals surface area (Å²) >= 11 is 1.72. The van der Waals surface area contributed by atoms with Crippen LogP contribution in [0, 0.1) is 0 Å². The molecule has 1 amide bonds. The SMILES string of the molecule is CN(CCc1cccs1)c1nc(C(N)=O)ccc1N. The van der Waals surface area contributed by atoms with Crippen LogP contribution in [0.15, 0.2) is 29.6 Å². The second-order valence-corrected chi connectivity index (χ2v) is 5.26. The number of amides is 1. The Morgan fingerprint density at radius 1 is 1.42 bits per heavy atom. The molecule has 0 saturated heterocycles. The zero-order chi connectivity index (χ0) is 13.8. The van der Waals surface area contributed by atoms with Crippen molar-refractivity contribution in [1.29, 1.82) is 0 Å². The van der Waals surface area contributed by atoms with Gasteiger partial charge in [-0.05, 0) is 30.0 Å². The van der Waals surface area contributed by atoms with Crippen LogP contribution in [-0.4, -0.2) is 24.5 Å². The molecular formula is C13H16N4OS. The van der Waals surface area contributed by atoms with Gasteiger partial charge < -0.3 is 16.4 Å². The Hall–Kier alpha value is -2.08. The molecule has 2 heterocycles. The van der Waals surface area contributed by atoms with Crippen molar-refractivity contribution >= 4 is 28.7 Å². The lowest BCUT2D eigenvalue weighted by Crippen LogP contribution is -2.24. The molecule has 2 aromatic rings. The minimum absolute atomic E-state index is 0.229. The van der Waals surface area contributed by atoms with Crippen LogP contribution >= 0.6 is 11.3 Å². The van der Waals surface area contributed by atoms with Crippen LogP contribution < -0.4 is 16.4 Å². The van der Waals surface area contributed by atoms with Gasteiger partial charge in [-0.3, -0.25) is 4.79 Å². The monoisotopic (exact) mass is 276 g/mol. The zero-order valence-corrected chi connectivity index (χ0v) is 11.5. The van der Waals surface area contributed by atoms with Gasteiger partial charge in [-0.2, -0.15) is 0 Å². The quantitative estimate of drug-likeness (QED) is 0.866. The molecule has 0 aromatic carbocycles. The molecule has 2 rings (SSSR count). The van der Waals surface area contributed by atoms with Gasteiger partial charge in [0.1, 0.15) is 5.69 Å². The van der Waals surface area contributed by atoms with Gasteiger partial charge in [0.2, 0.25) is 0 Å². The van der Waals surface area contributed by atoms with Crippen molar-refractivity contribution in [1.82, 2.24) is 4.98 Å². The molecule has 19 heavy (non-hydrogen) atoms. The normalized spacial score (nSPS) is 10.4. The van der Waals surface area contributed by atoms with E-state index in [4.69, 9.17) is 11.5 Å². The van der Waals surface area contributed by atoms with Crippen LogP contribution in [0.25, 0.3) is 0 Å². The summed E-state index contributed by atoms with van der Waals surface area (Å²) in [7, 11) is 1.90. The first kappa shape index (κ1) is 13.4. The Morgan fingerprint density at radius 2 is 2.21 bits per heavy atom. The summed E-state index contributed by atoms with van der Waals surface area (Å²) < 4.78 is 0. The number of likely N-dealkylation sites (N-methyl/N-ethyl adjacent to an activating group) is 1. The van der Waals surface area contributed by atoms with Crippen molar-refractivity contribution < 1.29 is 4.79 Å². The molecular weight excluding hydrogens is 260 g/mol. The van der Waals surface area contributed by atoms with Crippen molar-refractivity contribution in [2.24, 2.45) is 5.73 Å². The van der Waals surface area contributed by atoms with E-state index in [0.717, 1.165) is 13.0 Å². The number of primary amides is 1. The predicted octanol–water partition coefficient (Wildman–Crippen LogP) is 1.50. The number of anilines is 2. The Kier molecular flexibility index (Phi) is 4.01. The fourth-order valence-corrected chi connectivity index (χ4v) is 2.44. The molecule has 0 radical (unpaired) electrons. The Balaban J connectivity index is 2.11. The van der Waals surface area contributed by atoms with E-state index in [9.17, 15) is 4.79 Å². The standard InChI is InChI=1S/C13H16N4OS/c1-17(7-6-9-3-2-8-19-9)13-10(14)4-5-11(16-13)12(15)18/h2-5,8H,6-7,14H2,1H3,(H2,15,18). The zero-order valence-electron chi connectivity index (χ0n) is 10.7. The smallest absolute Gasteiger partial charge is 0.267 e. The van der Waals surface area contributed by atoms with E-state index in [2.05, 4.69) is 16.4 Å². The van der Waals surface area contributed by atoms with Crippen molar-refractivity contribution in [2.75, 3.05) is 24.2 Å². The lowest BCUT2D eigenvalue weighted by atomic mass is 10.2. The summed E-state index contributed by atoms with van der Waals surface area (Å²) in [5.41, 5.74) is 11.9. The number of hydrogen-bond donors (Lipinski definition) is 2. The molecule has 0 bridgehead atoms. The van der Waals surface area contributed by atoms with E-state index >= 15 is 0 Å². The van der Waals surface area contributed by atoms with E-state index < -0.39 is 5.91 Å². The molecule has 0 spiro atoms. The van der Waals surface area contributed by atoms with Gasteiger partial charge in [0.05, 0.1) is 5.69 Å². The van der Waals surface area contributed by atoms with Crippen LogP contribution in [0.5, 0.6) is 0 Å². The first-order valence-electron chi connectivity index (χ1n) is 5.88. The lowest BCUT2D eigenvalue weighted by molar-refractivity contribution is 0.0995. The van der Waals surface area contributed by atoms with Crippen LogP contribution in [0.2, 0.25) is 0 Å². The summed E-state index contributed by atoms with van der Waals surface area (Å²) in [5.74, 6) is 0.0424. The number of aromatic nitrogens is 1. The Bertz CT molecular complexity index is 568. The highest BCUT2D eigenvalue weighted by Crippen LogP contribution is 2.20. The van der Waals surface area contributed by atoms with E-state index in [1.807, 2.05) is 18.0 Å². The third-order valence-electron chi connectivity index (χ3n) is 2.79. The average Bonchev–Trinajstić information content (AvgIpc) is 2.89. The van der Waals surface area contributed by atoms with Gasteiger partial charge >= 0.3 is 0 Å². The van der Waals surface area contributed by atoms with E-state index in [1.54, 1.807) is 17.4 Å².